The van der Waals surface area contributed by atoms with Gasteiger partial charge in [0.25, 0.3) is 5.91 Å². The number of nitrogens with one attached hydrogen (secondary N) is 1. The first kappa shape index (κ1) is 14.1. The number of rotatable bonds is 6. The Morgan fingerprint density at radius 2 is 2.47 bits per heavy atom. The molecule has 0 aliphatic carbocycles. The van der Waals surface area contributed by atoms with Gasteiger partial charge >= 0.3 is 0 Å². The van der Waals surface area contributed by atoms with Gasteiger partial charge in [0.05, 0.1) is 5.69 Å². The molecule has 1 aliphatic heterocycles. The van der Waals surface area contributed by atoms with E-state index in [1.54, 1.807) is 4.68 Å². The fraction of sp³-hybridized carbons (Fsp3) is 0.714. The lowest BCUT2D eigenvalue weighted by Gasteiger charge is -2.09. The van der Waals surface area contributed by atoms with Crippen molar-refractivity contribution < 1.29 is 9.53 Å². The van der Waals surface area contributed by atoms with Crippen LogP contribution in [0.1, 0.15) is 42.4 Å². The molecule has 1 unspecified atom stereocenters. The smallest absolute Gasteiger partial charge is 0.269 e. The van der Waals surface area contributed by atoms with E-state index in [1.165, 1.54) is 0 Å². The molecular formula is C14H23N3O2. The summed E-state index contributed by atoms with van der Waals surface area (Å²) in [5.74, 6) is 0.658. The molecule has 2 rings (SSSR count). The van der Waals surface area contributed by atoms with Crippen molar-refractivity contribution >= 4 is 5.91 Å². The van der Waals surface area contributed by atoms with Crippen LogP contribution in [-0.4, -0.2) is 35.4 Å². The van der Waals surface area contributed by atoms with Gasteiger partial charge in [0.2, 0.25) is 0 Å². The van der Waals surface area contributed by atoms with Gasteiger partial charge in [-0.15, -0.1) is 0 Å². The molecule has 1 aliphatic rings. The monoisotopic (exact) mass is 265 g/mol. The van der Waals surface area contributed by atoms with Crippen LogP contribution in [0.15, 0.2) is 6.07 Å². The van der Waals surface area contributed by atoms with E-state index >= 15 is 0 Å². The van der Waals surface area contributed by atoms with E-state index < -0.39 is 0 Å². The second kappa shape index (κ2) is 6.70. The molecule has 5 nitrogen and oxygen atoms in total. The second-order valence-corrected chi connectivity index (χ2v) is 5.11. The van der Waals surface area contributed by atoms with Crippen molar-refractivity contribution in [3.63, 3.8) is 0 Å². The fourth-order valence-electron chi connectivity index (χ4n) is 2.46. The Labute approximate surface area is 114 Å². The summed E-state index contributed by atoms with van der Waals surface area (Å²) in [5.41, 5.74) is 1.54. The number of nitrogens with zero attached hydrogens (tertiary/aromatic N) is 2. The summed E-state index contributed by atoms with van der Waals surface area (Å²) < 4.78 is 7.08. The highest BCUT2D eigenvalue weighted by Gasteiger charge is 2.16. The molecule has 106 valence electrons. The lowest BCUT2D eigenvalue weighted by Crippen LogP contribution is -2.27. The van der Waals surface area contributed by atoms with Gasteiger partial charge in [-0.2, -0.15) is 5.10 Å². The first-order chi connectivity index (χ1) is 9.20. The highest BCUT2D eigenvalue weighted by Crippen LogP contribution is 2.17. The lowest BCUT2D eigenvalue weighted by atomic mass is 10.0. The van der Waals surface area contributed by atoms with Crippen molar-refractivity contribution in [2.24, 2.45) is 5.92 Å². The van der Waals surface area contributed by atoms with Crippen LogP contribution in [0.2, 0.25) is 0 Å². The highest BCUT2D eigenvalue weighted by atomic mass is 16.5. The molecule has 0 saturated carbocycles. The zero-order chi connectivity index (χ0) is 13.7. The van der Waals surface area contributed by atoms with E-state index in [9.17, 15) is 4.79 Å². The van der Waals surface area contributed by atoms with E-state index in [0.29, 0.717) is 11.6 Å². The van der Waals surface area contributed by atoms with Crippen molar-refractivity contribution in [1.29, 1.82) is 0 Å². The second-order valence-electron chi connectivity index (χ2n) is 5.11. The van der Waals surface area contributed by atoms with Crippen LogP contribution in [0.25, 0.3) is 0 Å². The van der Waals surface area contributed by atoms with Crippen molar-refractivity contribution in [1.82, 2.24) is 15.1 Å². The number of aromatic nitrogens is 2. The molecule has 1 fully saturated rings. The Bertz CT molecular complexity index is 422. The molecule has 19 heavy (non-hydrogen) atoms. The third-order valence-corrected chi connectivity index (χ3v) is 3.53. The van der Waals surface area contributed by atoms with Gasteiger partial charge in [-0.05, 0) is 45.1 Å². The van der Waals surface area contributed by atoms with Crippen molar-refractivity contribution in [2.75, 3.05) is 19.8 Å². The zero-order valence-corrected chi connectivity index (χ0v) is 11.8. The average Bonchev–Trinajstić information content (AvgIpc) is 3.03. The maximum Gasteiger partial charge on any atom is 0.269 e. The molecule has 1 N–H and O–H groups in total. The summed E-state index contributed by atoms with van der Waals surface area (Å²) >= 11 is 0. The number of aryl methyl sites for hydroxylation is 2. The van der Waals surface area contributed by atoms with Crippen LogP contribution in [0.5, 0.6) is 0 Å². The third kappa shape index (κ3) is 3.80. The summed E-state index contributed by atoms with van der Waals surface area (Å²) in [5, 5.41) is 7.25. The van der Waals surface area contributed by atoms with E-state index in [1.807, 2.05) is 19.9 Å². The Hall–Kier alpha value is -1.36. The molecule has 5 heteroatoms. The Morgan fingerprint density at radius 3 is 3.16 bits per heavy atom. The maximum atomic E-state index is 12.0. The lowest BCUT2D eigenvalue weighted by molar-refractivity contribution is 0.0941. The fourth-order valence-corrected chi connectivity index (χ4v) is 2.46. The average molecular weight is 265 g/mol. The summed E-state index contributed by atoms with van der Waals surface area (Å²) in [6.07, 6.45) is 3.31. The van der Waals surface area contributed by atoms with Gasteiger partial charge < -0.3 is 10.1 Å². The van der Waals surface area contributed by atoms with Gasteiger partial charge in [-0.25, -0.2) is 0 Å². The van der Waals surface area contributed by atoms with Crippen LogP contribution < -0.4 is 5.32 Å². The van der Waals surface area contributed by atoms with Gasteiger partial charge in [0, 0.05) is 26.3 Å². The molecular weight excluding hydrogens is 242 g/mol. The molecule has 0 aromatic carbocycles. The molecule has 0 radical (unpaired) electrons. The molecule has 1 saturated heterocycles. The highest BCUT2D eigenvalue weighted by molar-refractivity contribution is 5.92. The van der Waals surface area contributed by atoms with E-state index in [2.05, 4.69) is 10.4 Å². The first-order valence-corrected chi connectivity index (χ1v) is 7.11. The zero-order valence-electron chi connectivity index (χ0n) is 11.8. The largest absolute Gasteiger partial charge is 0.381 e. The Morgan fingerprint density at radius 1 is 1.63 bits per heavy atom. The Balaban J connectivity index is 1.74. The van der Waals surface area contributed by atoms with E-state index in [-0.39, 0.29) is 5.91 Å². The predicted molar refractivity (Wildman–Crippen MR) is 73.1 cm³/mol. The van der Waals surface area contributed by atoms with Crippen molar-refractivity contribution in [3.8, 4) is 0 Å². The number of ether oxygens (including phenoxy) is 1. The number of hydrogen-bond donors (Lipinski definition) is 1. The van der Waals surface area contributed by atoms with Gasteiger partial charge in [0.1, 0.15) is 5.69 Å². The molecule has 1 amide bonds. The van der Waals surface area contributed by atoms with Gasteiger partial charge in [-0.1, -0.05) is 0 Å². The van der Waals surface area contributed by atoms with Gasteiger partial charge in [-0.3, -0.25) is 9.48 Å². The molecule has 1 aromatic heterocycles. The first-order valence-electron chi connectivity index (χ1n) is 7.11. The van der Waals surface area contributed by atoms with Crippen LogP contribution in [0.3, 0.4) is 0 Å². The van der Waals surface area contributed by atoms with Crippen molar-refractivity contribution in [2.45, 2.75) is 39.7 Å². The topological polar surface area (TPSA) is 56.2 Å². The normalized spacial score (nSPS) is 18.7. The number of amides is 1. The molecule has 1 atom stereocenters. The summed E-state index contributed by atoms with van der Waals surface area (Å²) in [4.78, 5) is 12.0. The minimum atomic E-state index is -0.0230. The molecule has 0 bridgehead atoms. The van der Waals surface area contributed by atoms with Crippen LogP contribution in [0.4, 0.5) is 0 Å². The predicted octanol–water partition coefficient (Wildman–Crippen LogP) is 1.76. The van der Waals surface area contributed by atoms with Crippen molar-refractivity contribution in [3.05, 3.63) is 17.5 Å². The van der Waals surface area contributed by atoms with E-state index in [0.717, 1.165) is 51.3 Å². The summed E-state index contributed by atoms with van der Waals surface area (Å²) in [7, 11) is 0. The third-order valence-electron chi connectivity index (χ3n) is 3.53. The SMILES string of the molecule is CCn1nc(C)cc1C(=O)NCCCC1CCOC1. The minimum Gasteiger partial charge on any atom is -0.381 e. The quantitative estimate of drug-likeness (QED) is 0.797. The van der Waals surface area contributed by atoms with Crippen LogP contribution >= 0.6 is 0 Å². The van der Waals surface area contributed by atoms with Gasteiger partial charge in [0.15, 0.2) is 0 Å². The molecule has 0 spiro atoms. The summed E-state index contributed by atoms with van der Waals surface area (Å²) in [6, 6.07) is 1.84. The number of carbonyl (C=O) groups is 1. The Kier molecular flexibility index (Phi) is 4.96. The standard InChI is InChI=1S/C14H23N3O2/c1-3-17-13(9-11(2)16-17)14(18)15-7-4-5-12-6-8-19-10-12/h9,12H,3-8,10H2,1-2H3,(H,15,18). The summed E-state index contributed by atoms with van der Waals surface area (Å²) in [6.45, 7) is 7.12. The van der Waals surface area contributed by atoms with Crippen LogP contribution in [-0.2, 0) is 11.3 Å². The maximum absolute atomic E-state index is 12.0. The minimum absolute atomic E-state index is 0.0230. The van der Waals surface area contributed by atoms with E-state index in [4.69, 9.17) is 4.74 Å². The molecule has 1 aromatic rings. The number of carbonyl (C=O) groups excluding carboxylic acids is 1. The number of hydrogen-bond acceptors (Lipinski definition) is 3. The molecule has 2 heterocycles. The van der Waals surface area contributed by atoms with Crippen LogP contribution in [0, 0.1) is 12.8 Å².